The van der Waals surface area contributed by atoms with Crippen LogP contribution in [0.15, 0.2) is 12.3 Å². The SMILES string of the molecule is C=C1CCN(C2CCOC2)CCN1. The van der Waals surface area contributed by atoms with E-state index in [1.165, 1.54) is 12.1 Å². The van der Waals surface area contributed by atoms with Crippen molar-refractivity contribution < 1.29 is 4.74 Å². The number of nitrogens with zero attached hydrogens (tertiary/aromatic N) is 1. The van der Waals surface area contributed by atoms with Gasteiger partial charge in [-0.1, -0.05) is 6.58 Å². The van der Waals surface area contributed by atoms with E-state index < -0.39 is 0 Å². The topological polar surface area (TPSA) is 24.5 Å². The molecule has 0 aromatic carbocycles. The van der Waals surface area contributed by atoms with E-state index in [0.717, 1.165) is 39.3 Å². The van der Waals surface area contributed by atoms with Crippen LogP contribution in [0.1, 0.15) is 12.8 Å². The molecule has 1 atom stereocenters. The first-order valence-electron chi connectivity index (χ1n) is 5.10. The molecule has 2 heterocycles. The second-order valence-electron chi connectivity index (χ2n) is 3.83. The maximum absolute atomic E-state index is 5.39. The zero-order chi connectivity index (χ0) is 9.10. The van der Waals surface area contributed by atoms with Crippen LogP contribution in [0.3, 0.4) is 0 Å². The fourth-order valence-corrected chi connectivity index (χ4v) is 2.03. The van der Waals surface area contributed by atoms with Crippen LogP contribution < -0.4 is 5.32 Å². The Kier molecular flexibility index (Phi) is 2.86. The quantitative estimate of drug-likeness (QED) is 0.642. The third-order valence-electron chi connectivity index (χ3n) is 2.90. The van der Waals surface area contributed by atoms with E-state index in [-0.39, 0.29) is 0 Å². The predicted molar refractivity (Wildman–Crippen MR) is 52.6 cm³/mol. The predicted octanol–water partition coefficient (Wildman–Crippen LogP) is 0.584. The van der Waals surface area contributed by atoms with Gasteiger partial charge < -0.3 is 10.1 Å². The minimum Gasteiger partial charge on any atom is -0.387 e. The molecule has 2 aliphatic rings. The highest BCUT2D eigenvalue weighted by atomic mass is 16.5. The molecule has 3 heteroatoms. The maximum atomic E-state index is 5.39. The van der Waals surface area contributed by atoms with Gasteiger partial charge in [-0.15, -0.1) is 0 Å². The van der Waals surface area contributed by atoms with Gasteiger partial charge in [0.2, 0.25) is 0 Å². The van der Waals surface area contributed by atoms with Gasteiger partial charge in [0.1, 0.15) is 0 Å². The van der Waals surface area contributed by atoms with Gasteiger partial charge in [-0.3, -0.25) is 4.90 Å². The molecule has 1 N–H and O–H groups in total. The molecular formula is C10H18N2O. The number of ether oxygens (including phenoxy) is 1. The Bertz CT molecular complexity index is 187. The molecule has 0 spiro atoms. The van der Waals surface area contributed by atoms with Crippen molar-refractivity contribution in [1.29, 1.82) is 0 Å². The van der Waals surface area contributed by atoms with Gasteiger partial charge in [-0.25, -0.2) is 0 Å². The van der Waals surface area contributed by atoms with Crippen molar-refractivity contribution in [2.24, 2.45) is 0 Å². The Morgan fingerprint density at radius 2 is 2.38 bits per heavy atom. The standard InChI is InChI=1S/C10H18N2O/c1-9-2-5-12(6-4-11-9)10-3-7-13-8-10/h10-11H,1-8H2. The smallest absolute Gasteiger partial charge is 0.0622 e. The van der Waals surface area contributed by atoms with Crippen molar-refractivity contribution in [3.05, 3.63) is 12.3 Å². The first-order valence-corrected chi connectivity index (χ1v) is 5.10. The molecule has 13 heavy (non-hydrogen) atoms. The van der Waals surface area contributed by atoms with Crippen LogP contribution in [0.5, 0.6) is 0 Å². The summed E-state index contributed by atoms with van der Waals surface area (Å²) in [4.78, 5) is 2.53. The molecule has 0 aromatic rings. The summed E-state index contributed by atoms with van der Waals surface area (Å²) in [6.45, 7) is 9.14. The number of hydrogen-bond acceptors (Lipinski definition) is 3. The molecule has 3 nitrogen and oxygen atoms in total. The first-order chi connectivity index (χ1) is 6.36. The highest BCUT2D eigenvalue weighted by Gasteiger charge is 2.23. The molecule has 0 aromatic heterocycles. The molecule has 0 aliphatic carbocycles. The highest BCUT2D eigenvalue weighted by Crippen LogP contribution is 2.14. The fraction of sp³-hybridized carbons (Fsp3) is 0.800. The molecule has 1 unspecified atom stereocenters. The Hall–Kier alpha value is -0.540. The van der Waals surface area contributed by atoms with Crippen molar-refractivity contribution in [2.45, 2.75) is 18.9 Å². The summed E-state index contributed by atoms with van der Waals surface area (Å²) in [7, 11) is 0. The van der Waals surface area contributed by atoms with Gasteiger partial charge in [0.15, 0.2) is 0 Å². The molecule has 0 amide bonds. The molecular weight excluding hydrogens is 164 g/mol. The van der Waals surface area contributed by atoms with Crippen molar-refractivity contribution in [1.82, 2.24) is 10.2 Å². The number of rotatable bonds is 1. The summed E-state index contributed by atoms with van der Waals surface area (Å²) in [5.41, 5.74) is 1.18. The van der Waals surface area contributed by atoms with Crippen LogP contribution >= 0.6 is 0 Å². The Morgan fingerprint density at radius 3 is 3.15 bits per heavy atom. The van der Waals surface area contributed by atoms with Crippen LogP contribution in [0.2, 0.25) is 0 Å². The van der Waals surface area contributed by atoms with E-state index in [4.69, 9.17) is 4.74 Å². The van der Waals surface area contributed by atoms with Crippen molar-refractivity contribution in [3.63, 3.8) is 0 Å². The molecule has 2 aliphatic heterocycles. The lowest BCUT2D eigenvalue weighted by Gasteiger charge is -2.25. The van der Waals surface area contributed by atoms with Gasteiger partial charge in [0.05, 0.1) is 6.61 Å². The molecule has 2 saturated heterocycles. The summed E-state index contributed by atoms with van der Waals surface area (Å²) in [5, 5.41) is 3.32. The third-order valence-corrected chi connectivity index (χ3v) is 2.90. The minimum atomic E-state index is 0.660. The summed E-state index contributed by atoms with van der Waals surface area (Å²) in [6.07, 6.45) is 2.28. The van der Waals surface area contributed by atoms with Gasteiger partial charge in [0, 0.05) is 38.0 Å². The molecule has 0 bridgehead atoms. The number of hydrogen-bond donors (Lipinski definition) is 1. The van der Waals surface area contributed by atoms with Crippen LogP contribution in [-0.2, 0) is 4.74 Å². The van der Waals surface area contributed by atoms with E-state index in [2.05, 4.69) is 16.8 Å². The molecule has 74 valence electrons. The zero-order valence-electron chi connectivity index (χ0n) is 8.09. The summed E-state index contributed by atoms with van der Waals surface area (Å²) < 4.78 is 5.39. The van der Waals surface area contributed by atoms with E-state index >= 15 is 0 Å². The monoisotopic (exact) mass is 182 g/mol. The van der Waals surface area contributed by atoms with Gasteiger partial charge in [-0.2, -0.15) is 0 Å². The number of nitrogens with one attached hydrogen (secondary N) is 1. The lowest BCUT2D eigenvalue weighted by atomic mass is 10.2. The maximum Gasteiger partial charge on any atom is 0.0622 e. The molecule has 0 saturated carbocycles. The van der Waals surface area contributed by atoms with Gasteiger partial charge in [0.25, 0.3) is 0 Å². The van der Waals surface area contributed by atoms with Crippen molar-refractivity contribution in [2.75, 3.05) is 32.8 Å². The molecule has 2 rings (SSSR count). The van der Waals surface area contributed by atoms with E-state index in [0.29, 0.717) is 6.04 Å². The summed E-state index contributed by atoms with van der Waals surface area (Å²) >= 11 is 0. The third kappa shape index (κ3) is 2.23. The first kappa shape index (κ1) is 9.03. The van der Waals surface area contributed by atoms with Gasteiger partial charge >= 0.3 is 0 Å². The summed E-state index contributed by atoms with van der Waals surface area (Å²) in [6, 6.07) is 0.660. The lowest BCUT2D eigenvalue weighted by molar-refractivity contribution is 0.148. The van der Waals surface area contributed by atoms with Crippen LogP contribution in [-0.4, -0.2) is 43.8 Å². The van der Waals surface area contributed by atoms with Crippen molar-refractivity contribution in [3.8, 4) is 0 Å². The minimum absolute atomic E-state index is 0.660. The van der Waals surface area contributed by atoms with E-state index in [9.17, 15) is 0 Å². The summed E-state index contributed by atoms with van der Waals surface area (Å²) in [5.74, 6) is 0. The van der Waals surface area contributed by atoms with Gasteiger partial charge in [-0.05, 0) is 12.8 Å². The van der Waals surface area contributed by atoms with Crippen LogP contribution in [0.4, 0.5) is 0 Å². The van der Waals surface area contributed by atoms with Crippen LogP contribution in [0, 0.1) is 0 Å². The average molecular weight is 182 g/mol. The molecule has 0 radical (unpaired) electrons. The van der Waals surface area contributed by atoms with Crippen molar-refractivity contribution >= 4 is 0 Å². The highest BCUT2D eigenvalue weighted by molar-refractivity contribution is 4.95. The zero-order valence-corrected chi connectivity index (χ0v) is 8.09. The van der Waals surface area contributed by atoms with E-state index in [1.54, 1.807) is 0 Å². The Labute approximate surface area is 79.7 Å². The largest absolute Gasteiger partial charge is 0.387 e. The normalized spacial score (nSPS) is 31.4. The fourth-order valence-electron chi connectivity index (χ4n) is 2.03. The molecule has 2 fully saturated rings. The Balaban J connectivity index is 1.87. The average Bonchev–Trinajstić information content (AvgIpc) is 2.56. The second-order valence-corrected chi connectivity index (χ2v) is 3.83. The second kappa shape index (κ2) is 4.11. The van der Waals surface area contributed by atoms with Crippen LogP contribution in [0.25, 0.3) is 0 Å². The lowest BCUT2D eigenvalue weighted by Crippen LogP contribution is -2.38. The van der Waals surface area contributed by atoms with E-state index in [1.807, 2.05) is 0 Å². The Morgan fingerprint density at radius 1 is 1.46 bits per heavy atom.